The van der Waals surface area contributed by atoms with Crippen molar-refractivity contribution in [3.8, 4) is 0 Å². The lowest BCUT2D eigenvalue weighted by atomic mass is 10.3. The maximum absolute atomic E-state index is 12.0. The number of hydrogen-bond donors (Lipinski definition) is 1. The molecule has 1 N–H and O–H groups in total. The molecule has 0 aromatic carbocycles. The first-order chi connectivity index (χ1) is 10.1. The van der Waals surface area contributed by atoms with Gasteiger partial charge in [-0.2, -0.15) is 0 Å². The normalized spacial score (nSPS) is 19.0. The molecule has 6 nitrogen and oxygen atoms in total. The van der Waals surface area contributed by atoms with E-state index in [-0.39, 0.29) is 28.8 Å². The summed E-state index contributed by atoms with van der Waals surface area (Å²) in [5.74, 6) is 0.363. The predicted octanol–water partition coefficient (Wildman–Crippen LogP) is 1.26. The molecule has 2 heterocycles. The van der Waals surface area contributed by atoms with Crippen LogP contribution in [0.25, 0.3) is 0 Å². The number of amides is 1. The van der Waals surface area contributed by atoms with Gasteiger partial charge in [0.2, 0.25) is 5.91 Å². The number of methoxy groups -OCH3 is 1. The van der Waals surface area contributed by atoms with E-state index in [0.717, 1.165) is 12.3 Å². The summed E-state index contributed by atoms with van der Waals surface area (Å²) in [5.41, 5.74) is 0.486. The molecule has 0 bridgehead atoms. The quantitative estimate of drug-likeness (QED) is 0.662. The van der Waals surface area contributed by atoms with E-state index in [9.17, 15) is 9.59 Å². The van der Waals surface area contributed by atoms with Gasteiger partial charge >= 0.3 is 5.97 Å². The fraction of sp³-hybridized carbons (Fsp3) is 0.462. The van der Waals surface area contributed by atoms with Crippen LogP contribution in [0.4, 0.5) is 5.69 Å². The molecule has 114 valence electrons. The second-order valence-electron chi connectivity index (χ2n) is 4.51. The summed E-state index contributed by atoms with van der Waals surface area (Å²) in [6.07, 6.45) is 1.56. The lowest BCUT2D eigenvalue weighted by Crippen LogP contribution is -2.45. The van der Waals surface area contributed by atoms with Gasteiger partial charge in [0.05, 0.1) is 19.3 Å². The molecule has 8 heteroatoms. The predicted molar refractivity (Wildman–Crippen MR) is 82.6 cm³/mol. The molecule has 0 saturated carbocycles. The molecule has 0 aliphatic carbocycles. The van der Waals surface area contributed by atoms with Crippen molar-refractivity contribution in [1.82, 2.24) is 9.88 Å². The number of hydrogen-bond acceptors (Lipinski definition) is 6. The fourth-order valence-electron chi connectivity index (χ4n) is 1.99. The smallest absolute Gasteiger partial charge is 0.320 e. The summed E-state index contributed by atoms with van der Waals surface area (Å²) in [7, 11) is 1.37. The van der Waals surface area contributed by atoms with Crippen molar-refractivity contribution in [3.63, 3.8) is 0 Å². The average Bonchev–Trinajstić information content (AvgIpc) is 2.49. The molecule has 1 aromatic rings. The van der Waals surface area contributed by atoms with Crippen LogP contribution in [0.5, 0.6) is 0 Å². The summed E-state index contributed by atoms with van der Waals surface area (Å²) in [6.45, 7) is 1.47. The second kappa shape index (κ2) is 7.63. The highest BCUT2D eigenvalue weighted by Gasteiger charge is 2.28. The number of esters is 1. The number of pyridine rings is 1. The molecule has 2 rings (SSSR count). The number of ether oxygens (including phenoxy) is 1. The lowest BCUT2D eigenvalue weighted by molar-refractivity contribution is -0.140. The number of anilines is 1. The highest BCUT2D eigenvalue weighted by atomic mass is 35.5. The van der Waals surface area contributed by atoms with E-state index >= 15 is 0 Å². The summed E-state index contributed by atoms with van der Waals surface area (Å²) in [6, 6.07) is 3.39. The first-order valence-corrected chi connectivity index (χ1v) is 7.85. The molecule has 0 radical (unpaired) electrons. The van der Waals surface area contributed by atoms with Gasteiger partial charge in [-0.1, -0.05) is 11.6 Å². The van der Waals surface area contributed by atoms with Gasteiger partial charge < -0.3 is 10.1 Å². The van der Waals surface area contributed by atoms with E-state index in [4.69, 9.17) is 16.3 Å². The second-order valence-corrected chi connectivity index (χ2v) is 6.18. The van der Waals surface area contributed by atoms with Crippen LogP contribution in [0.15, 0.2) is 18.3 Å². The number of aromatic nitrogens is 1. The van der Waals surface area contributed by atoms with Gasteiger partial charge in [-0.3, -0.25) is 14.5 Å². The molecule has 21 heavy (non-hydrogen) atoms. The van der Waals surface area contributed by atoms with Crippen LogP contribution in [-0.4, -0.2) is 59.5 Å². The highest BCUT2D eigenvalue weighted by molar-refractivity contribution is 8.00. The third-order valence-electron chi connectivity index (χ3n) is 3.02. The van der Waals surface area contributed by atoms with Gasteiger partial charge in [-0.15, -0.1) is 11.8 Å². The largest absolute Gasteiger partial charge is 0.468 e. The van der Waals surface area contributed by atoms with Crippen molar-refractivity contribution < 1.29 is 14.3 Å². The van der Waals surface area contributed by atoms with E-state index < -0.39 is 0 Å². The van der Waals surface area contributed by atoms with Crippen molar-refractivity contribution in [3.05, 3.63) is 23.5 Å². The van der Waals surface area contributed by atoms with Crippen LogP contribution in [-0.2, 0) is 14.3 Å². The van der Waals surface area contributed by atoms with Crippen molar-refractivity contribution in [2.24, 2.45) is 0 Å². The van der Waals surface area contributed by atoms with Gasteiger partial charge in [0.15, 0.2) is 5.15 Å². The zero-order chi connectivity index (χ0) is 15.2. The van der Waals surface area contributed by atoms with Crippen molar-refractivity contribution in [2.45, 2.75) is 5.25 Å². The van der Waals surface area contributed by atoms with Gasteiger partial charge in [0.25, 0.3) is 0 Å². The van der Waals surface area contributed by atoms with E-state index in [0.29, 0.717) is 12.2 Å². The number of carbonyl (C=O) groups is 2. The molecule has 1 aromatic heterocycles. The molecule has 1 aliphatic rings. The maximum Gasteiger partial charge on any atom is 0.320 e. The van der Waals surface area contributed by atoms with Gasteiger partial charge in [-0.25, -0.2) is 4.98 Å². The van der Waals surface area contributed by atoms with Crippen LogP contribution in [0.3, 0.4) is 0 Å². The summed E-state index contributed by atoms with van der Waals surface area (Å²) < 4.78 is 4.74. The summed E-state index contributed by atoms with van der Waals surface area (Å²) in [4.78, 5) is 29.4. The Morgan fingerprint density at radius 3 is 3.14 bits per heavy atom. The summed E-state index contributed by atoms with van der Waals surface area (Å²) in [5, 5.41) is 2.74. The Bertz CT molecular complexity index is 529. The van der Waals surface area contributed by atoms with Crippen LogP contribution in [0.1, 0.15) is 0 Å². The number of nitrogens with zero attached hydrogens (tertiary/aromatic N) is 2. The number of halogens is 1. The molecular formula is C13H16ClN3O3S. The molecule has 1 fully saturated rings. The Morgan fingerprint density at radius 2 is 2.43 bits per heavy atom. The lowest BCUT2D eigenvalue weighted by Gasteiger charge is -2.30. The fourth-order valence-corrected chi connectivity index (χ4v) is 3.36. The number of nitrogens with one attached hydrogen (secondary N) is 1. The van der Waals surface area contributed by atoms with Crippen LogP contribution in [0, 0.1) is 0 Å². The third-order valence-corrected chi connectivity index (χ3v) is 4.48. The van der Waals surface area contributed by atoms with E-state index in [1.807, 2.05) is 4.90 Å². The van der Waals surface area contributed by atoms with Gasteiger partial charge in [0, 0.05) is 25.0 Å². The van der Waals surface area contributed by atoms with Crippen molar-refractivity contribution in [2.75, 3.05) is 37.8 Å². The van der Waals surface area contributed by atoms with Crippen molar-refractivity contribution >= 4 is 40.9 Å². The Labute approximate surface area is 132 Å². The van der Waals surface area contributed by atoms with E-state index in [1.165, 1.54) is 7.11 Å². The Kier molecular flexibility index (Phi) is 5.84. The highest BCUT2D eigenvalue weighted by Crippen LogP contribution is 2.20. The number of carbonyl (C=O) groups excluding carboxylic acids is 2. The van der Waals surface area contributed by atoms with Gasteiger partial charge in [-0.05, 0) is 12.1 Å². The molecule has 0 unspecified atom stereocenters. The van der Waals surface area contributed by atoms with Crippen LogP contribution >= 0.6 is 23.4 Å². The Hall–Kier alpha value is -1.31. The van der Waals surface area contributed by atoms with E-state index in [2.05, 4.69) is 10.3 Å². The minimum Gasteiger partial charge on any atom is -0.468 e. The van der Waals surface area contributed by atoms with Gasteiger partial charge in [0.1, 0.15) is 5.25 Å². The summed E-state index contributed by atoms with van der Waals surface area (Å²) >= 11 is 7.44. The molecule has 1 aliphatic heterocycles. The van der Waals surface area contributed by atoms with Crippen LogP contribution in [0.2, 0.25) is 5.15 Å². The maximum atomic E-state index is 12.0. The standard InChI is InChI=1S/C13H16ClN3O3S/c1-20-13(19)10-7-17(5-6-21-10)8-11(18)16-9-3-2-4-15-12(9)14/h2-4,10H,5-8H2,1H3,(H,16,18)/t10-/m0/s1. The first kappa shape index (κ1) is 16.1. The zero-order valence-electron chi connectivity index (χ0n) is 11.5. The van der Waals surface area contributed by atoms with Crippen molar-refractivity contribution in [1.29, 1.82) is 0 Å². The average molecular weight is 330 g/mol. The first-order valence-electron chi connectivity index (χ1n) is 6.42. The monoisotopic (exact) mass is 329 g/mol. The third kappa shape index (κ3) is 4.59. The van der Waals surface area contributed by atoms with E-state index in [1.54, 1.807) is 30.1 Å². The SMILES string of the molecule is COC(=O)[C@@H]1CN(CC(=O)Nc2cccnc2Cl)CCS1. The minimum absolute atomic E-state index is 0.180. The Morgan fingerprint density at radius 1 is 1.62 bits per heavy atom. The number of rotatable bonds is 4. The molecule has 1 saturated heterocycles. The number of thioether (sulfide) groups is 1. The zero-order valence-corrected chi connectivity index (χ0v) is 13.1. The molecule has 0 spiro atoms. The Balaban J connectivity index is 1.88. The minimum atomic E-state index is -0.250. The molecule has 1 atom stereocenters. The molecule has 1 amide bonds. The molecular weight excluding hydrogens is 314 g/mol. The van der Waals surface area contributed by atoms with Crippen LogP contribution < -0.4 is 5.32 Å². The topological polar surface area (TPSA) is 71.5 Å².